The topological polar surface area (TPSA) is 118 Å². The van der Waals surface area contributed by atoms with Gasteiger partial charge >= 0.3 is 17.9 Å². The van der Waals surface area contributed by atoms with Crippen LogP contribution in [0.1, 0.15) is 36.6 Å². The molecule has 1 saturated heterocycles. The number of carbonyl (C=O) groups excluding carboxylic acids is 2. The molecule has 1 unspecified atom stereocenters. The number of halogens is 3. The number of nitriles is 1. The SMILES string of the molecule is Cc1c(-c2ccnn2-c2ccc(C#N)cc2)n(C(=O)NC(C)C(=O)N(C)C2CC[N+](C)(C)CC2)c(=O)n1-c1cccc(C(F)(F)F)c1. The van der Waals surface area contributed by atoms with Gasteiger partial charge in [-0.2, -0.15) is 23.5 Å². The van der Waals surface area contributed by atoms with E-state index in [-0.39, 0.29) is 34.7 Å². The second kappa shape index (κ2) is 12.6. The van der Waals surface area contributed by atoms with Gasteiger partial charge < -0.3 is 14.7 Å². The number of aromatic nitrogens is 4. The van der Waals surface area contributed by atoms with E-state index in [1.807, 2.05) is 6.07 Å². The van der Waals surface area contributed by atoms with Crippen molar-refractivity contribution in [1.82, 2.24) is 29.1 Å². The second-order valence-electron chi connectivity index (χ2n) is 12.5. The van der Waals surface area contributed by atoms with E-state index in [9.17, 15) is 32.8 Å². The van der Waals surface area contributed by atoms with Crippen LogP contribution in [-0.4, -0.2) is 86.6 Å². The third-order valence-corrected chi connectivity index (χ3v) is 8.79. The van der Waals surface area contributed by atoms with Crippen LogP contribution < -0.4 is 11.0 Å². The maximum absolute atomic E-state index is 14.1. The van der Waals surface area contributed by atoms with Gasteiger partial charge in [0.05, 0.1) is 73.3 Å². The van der Waals surface area contributed by atoms with Gasteiger partial charge in [-0.3, -0.25) is 9.36 Å². The summed E-state index contributed by atoms with van der Waals surface area (Å²) in [5.74, 6) is -0.332. The number of hydrogen-bond donors (Lipinski definition) is 1. The molecule has 2 amide bonds. The molecule has 5 rings (SSSR count). The van der Waals surface area contributed by atoms with Gasteiger partial charge in [-0.15, -0.1) is 0 Å². The van der Waals surface area contributed by atoms with Crippen LogP contribution in [0.4, 0.5) is 18.0 Å². The van der Waals surface area contributed by atoms with Crippen LogP contribution in [-0.2, 0) is 11.0 Å². The highest BCUT2D eigenvalue weighted by Crippen LogP contribution is 2.32. The van der Waals surface area contributed by atoms with E-state index < -0.39 is 29.5 Å². The Bertz CT molecular complexity index is 1900. The molecule has 4 aromatic rings. The summed E-state index contributed by atoms with van der Waals surface area (Å²) in [6, 6.07) is 12.4. The molecule has 1 atom stereocenters. The lowest BCUT2D eigenvalue weighted by atomic mass is 10.0. The number of amides is 2. The summed E-state index contributed by atoms with van der Waals surface area (Å²) in [5.41, 5.74) is -0.561. The van der Waals surface area contributed by atoms with E-state index in [0.717, 1.165) is 51.7 Å². The third kappa shape index (κ3) is 6.57. The van der Waals surface area contributed by atoms with Gasteiger partial charge in [-0.05, 0) is 62.4 Å². The molecule has 2 aromatic heterocycles. The van der Waals surface area contributed by atoms with Crippen LogP contribution in [0.25, 0.3) is 22.8 Å². The molecule has 246 valence electrons. The summed E-state index contributed by atoms with van der Waals surface area (Å²) < 4.78 is 45.1. The molecule has 1 N–H and O–H groups in total. The second-order valence-corrected chi connectivity index (χ2v) is 12.5. The number of nitrogens with zero attached hydrogens (tertiary/aromatic N) is 7. The summed E-state index contributed by atoms with van der Waals surface area (Å²) in [6.07, 6.45) is -1.61. The standard InChI is InChI=1S/C33H35F3N8O3/c1-21(30(45)40(3)25-14-17-44(4,5)18-15-25)39-31(46)42-29(28-13-16-38-43(28)26-11-9-23(20-37)10-12-26)22(2)41(32(42)47)27-8-6-7-24(19-27)33(34,35)36/h6-13,16,19,21,25H,14-15,17-18H2,1-5H3/p+1. The van der Waals surface area contributed by atoms with Crippen LogP contribution in [0.2, 0.25) is 0 Å². The molecule has 0 radical (unpaired) electrons. The minimum Gasteiger partial charge on any atom is -0.341 e. The molecule has 1 aliphatic rings. The van der Waals surface area contributed by atoms with Crippen LogP contribution in [0.15, 0.2) is 65.6 Å². The van der Waals surface area contributed by atoms with Gasteiger partial charge in [-0.1, -0.05) is 6.07 Å². The molecular weight excluding hydrogens is 613 g/mol. The molecule has 0 bridgehead atoms. The monoisotopic (exact) mass is 649 g/mol. The zero-order valence-electron chi connectivity index (χ0n) is 26.7. The molecule has 11 nitrogen and oxygen atoms in total. The number of piperidine rings is 1. The van der Waals surface area contributed by atoms with Gasteiger partial charge in [-0.25, -0.2) is 18.8 Å². The lowest BCUT2D eigenvalue weighted by Crippen LogP contribution is -2.55. The molecule has 0 saturated carbocycles. The Balaban J connectivity index is 1.57. The minimum atomic E-state index is -4.67. The summed E-state index contributed by atoms with van der Waals surface area (Å²) in [7, 11) is 5.97. The number of carbonyl (C=O) groups is 2. The molecule has 47 heavy (non-hydrogen) atoms. The zero-order valence-corrected chi connectivity index (χ0v) is 26.7. The first-order valence-electron chi connectivity index (χ1n) is 15.1. The fourth-order valence-corrected chi connectivity index (χ4v) is 6.02. The molecule has 1 fully saturated rings. The van der Waals surface area contributed by atoms with Crippen molar-refractivity contribution in [3.8, 4) is 28.8 Å². The normalized spacial score (nSPS) is 15.6. The van der Waals surface area contributed by atoms with Crippen LogP contribution in [0.5, 0.6) is 0 Å². The van der Waals surface area contributed by atoms with E-state index in [2.05, 4.69) is 24.5 Å². The van der Waals surface area contributed by atoms with Crippen molar-refractivity contribution in [3.05, 3.63) is 88.1 Å². The van der Waals surface area contributed by atoms with Crippen molar-refractivity contribution in [3.63, 3.8) is 0 Å². The molecular formula is C33H36F3N8O3+. The molecule has 1 aliphatic heterocycles. The number of rotatable bonds is 6. The average Bonchev–Trinajstić information content (AvgIpc) is 3.61. The van der Waals surface area contributed by atoms with Gasteiger partial charge in [0.25, 0.3) is 0 Å². The van der Waals surface area contributed by atoms with Crippen molar-refractivity contribution < 1.29 is 27.2 Å². The Morgan fingerprint density at radius 2 is 1.74 bits per heavy atom. The van der Waals surface area contributed by atoms with Crippen LogP contribution in [0, 0.1) is 18.3 Å². The smallest absolute Gasteiger partial charge is 0.341 e. The van der Waals surface area contributed by atoms with Crippen molar-refractivity contribution in [2.75, 3.05) is 34.2 Å². The molecule has 2 aromatic carbocycles. The molecule has 0 aliphatic carbocycles. The first kappa shape index (κ1) is 33.2. The quantitative estimate of drug-likeness (QED) is 0.312. The Hall–Kier alpha value is -5.16. The van der Waals surface area contributed by atoms with Crippen molar-refractivity contribution >= 4 is 11.9 Å². The van der Waals surface area contributed by atoms with Gasteiger partial charge in [0.15, 0.2) is 0 Å². The van der Waals surface area contributed by atoms with Crippen LogP contribution in [0.3, 0.4) is 0 Å². The Morgan fingerprint density at radius 3 is 2.36 bits per heavy atom. The lowest BCUT2D eigenvalue weighted by Gasteiger charge is -2.40. The minimum absolute atomic E-state index is 0.00250. The van der Waals surface area contributed by atoms with Crippen molar-refractivity contribution in [2.45, 2.75) is 44.9 Å². The Labute approximate surface area is 269 Å². The largest absolute Gasteiger partial charge is 0.416 e. The van der Waals surface area contributed by atoms with E-state index in [0.29, 0.717) is 11.3 Å². The number of likely N-dealkylation sites (tertiary alicyclic amines) is 1. The number of likely N-dealkylation sites (N-methyl/N-ethyl adjacent to an activating group) is 1. The fourth-order valence-electron chi connectivity index (χ4n) is 6.02. The number of benzene rings is 2. The van der Waals surface area contributed by atoms with E-state index >= 15 is 0 Å². The first-order valence-corrected chi connectivity index (χ1v) is 15.1. The molecule has 0 spiro atoms. The summed E-state index contributed by atoms with van der Waals surface area (Å²) in [4.78, 5) is 43.1. The van der Waals surface area contributed by atoms with Gasteiger partial charge in [0.2, 0.25) is 5.91 Å². The Morgan fingerprint density at radius 1 is 1.09 bits per heavy atom. The van der Waals surface area contributed by atoms with Crippen molar-refractivity contribution in [1.29, 1.82) is 5.26 Å². The maximum atomic E-state index is 14.1. The average molecular weight is 650 g/mol. The molecule has 14 heteroatoms. The third-order valence-electron chi connectivity index (χ3n) is 8.79. The van der Waals surface area contributed by atoms with Crippen LogP contribution >= 0.6 is 0 Å². The summed E-state index contributed by atoms with van der Waals surface area (Å²) in [5, 5.41) is 16.2. The highest BCUT2D eigenvalue weighted by Gasteiger charge is 2.35. The predicted molar refractivity (Wildman–Crippen MR) is 168 cm³/mol. The van der Waals surface area contributed by atoms with Gasteiger partial charge in [0.1, 0.15) is 11.7 Å². The maximum Gasteiger partial charge on any atom is 0.416 e. The predicted octanol–water partition coefficient (Wildman–Crippen LogP) is 4.33. The molecule has 3 heterocycles. The number of quaternary nitrogens is 1. The van der Waals surface area contributed by atoms with E-state index in [4.69, 9.17) is 0 Å². The van der Waals surface area contributed by atoms with Crippen molar-refractivity contribution in [2.24, 2.45) is 0 Å². The lowest BCUT2D eigenvalue weighted by molar-refractivity contribution is -0.895. The number of alkyl halides is 3. The fraction of sp³-hybridized carbons (Fsp3) is 0.364. The van der Waals surface area contributed by atoms with E-state index in [1.54, 1.807) is 42.3 Å². The highest BCUT2D eigenvalue weighted by atomic mass is 19.4. The number of imidazole rings is 1. The number of nitrogens with one attached hydrogen (secondary N) is 1. The van der Waals surface area contributed by atoms with E-state index in [1.165, 1.54) is 36.9 Å². The first-order chi connectivity index (χ1) is 22.1. The summed E-state index contributed by atoms with van der Waals surface area (Å²) >= 11 is 0. The number of hydrogen-bond acceptors (Lipinski definition) is 5. The Kier molecular flexibility index (Phi) is 8.87. The highest BCUT2D eigenvalue weighted by molar-refractivity contribution is 5.89. The van der Waals surface area contributed by atoms with Gasteiger partial charge in [0, 0.05) is 25.9 Å². The zero-order chi connectivity index (χ0) is 34.3. The summed E-state index contributed by atoms with van der Waals surface area (Å²) in [6.45, 7) is 4.85.